The van der Waals surface area contributed by atoms with Gasteiger partial charge in [0.25, 0.3) is 0 Å². The largest absolute Gasteiger partial charge is 0.496 e. The van der Waals surface area contributed by atoms with Crippen LogP contribution < -0.4 is 15.1 Å². The summed E-state index contributed by atoms with van der Waals surface area (Å²) in [6, 6.07) is 13.0. The number of benzene rings is 2. The van der Waals surface area contributed by atoms with Crippen LogP contribution in [-0.4, -0.2) is 91.1 Å². The Hall–Kier alpha value is -3.63. The zero-order chi connectivity index (χ0) is 33.4. The minimum Gasteiger partial charge on any atom is -0.496 e. The second kappa shape index (κ2) is 11.8. The summed E-state index contributed by atoms with van der Waals surface area (Å²) in [4.78, 5) is 21.0. The monoisotopic (exact) mass is 651 g/mol. The lowest BCUT2D eigenvalue weighted by Crippen LogP contribution is -2.56. The number of likely N-dealkylation sites (N-methyl/N-ethyl adjacent to an activating group) is 1. The SMILES string of the molecule is CCC1=C[C@@H]2CN(C1)Cc1c([nH]c3ccccc13)[C@@](C)(c1cc3c(cc1OC)N(C)[C@H]1[C@H](O)[C@H](OC(C)=O)CNN4CC=CC31CC4)C2. The molecule has 0 saturated carbocycles. The molecule has 3 unspecified atom stereocenters. The smallest absolute Gasteiger partial charge is 0.303 e. The maximum atomic E-state index is 12.2. The lowest BCUT2D eigenvalue weighted by atomic mass is 9.66. The van der Waals surface area contributed by atoms with Crippen molar-refractivity contribution < 1.29 is 19.4 Å². The number of para-hydroxylation sites is 1. The molecule has 0 radical (unpaired) electrons. The number of H-pyrrole nitrogens is 1. The lowest BCUT2D eigenvalue weighted by Gasteiger charge is -2.42. The van der Waals surface area contributed by atoms with E-state index >= 15 is 0 Å². The third-order valence-corrected chi connectivity index (χ3v) is 12.1. The van der Waals surface area contributed by atoms with Crippen molar-refractivity contribution in [3.8, 4) is 5.75 Å². The summed E-state index contributed by atoms with van der Waals surface area (Å²) in [5.41, 5.74) is 11.3. The van der Waals surface area contributed by atoms with Crippen molar-refractivity contribution in [2.75, 3.05) is 51.8 Å². The molecular weight excluding hydrogens is 602 g/mol. The fraction of sp³-hybridized carbons (Fsp3) is 0.513. The van der Waals surface area contributed by atoms with Crippen LogP contribution >= 0.6 is 0 Å². The number of hydrogen-bond donors (Lipinski definition) is 3. The molecule has 0 amide bonds. The fourth-order valence-electron chi connectivity index (χ4n) is 9.92. The molecule has 0 aliphatic carbocycles. The van der Waals surface area contributed by atoms with Crippen LogP contribution in [-0.2, 0) is 26.9 Å². The van der Waals surface area contributed by atoms with Gasteiger partial charge in [0.1, 0.15) is 18.0 Å². The zero-order valence-corrected chi connectivity index (χ0v) is 28.9. The molecule has 6 heterocycles. The van der Waals surface area contributed by atoms with Crippen LogP contribution in [0.5, 0.6) is 5.75 Å². The van der Waals surface area contributed by atoms with Crippen molar-refractivity contribution in [1.82, 2.24) is 20.3 Å². The molecule has 5 aliphatic rings. The first kappa shape index (κ1) is 31.6. The molecule has 3 N–H and O–H groups in total. The quantitative estimate of drug-likeness (QED) is 0.274. The molecule has 48 heavy (non-hydrogen) atoms. The van der Waals surface area contributed by atoms with Crippen molar-refractivity contribution >= 4 is 22.6 Å². The number of aliphatic hydroxyl groups excluding tert-OH is 1. The second-order valence-corrected chi connectivity index (χ2v) is 14.9. The number of anilines is 1. The summed E-state index contributed by atoms with van der Waals surface area (Å²) in [7, 11) is 3.84. The molecule has 9 nitrogen and oxygen atoms in total. The van der Waals surface area contributed by atoms with Gasteiger partial charge in [0, 0.05) is 91.4 Å². The number of carbonyl (C=O) groups is 1. The molecule has 5 aliphatic heterocycles. The lowest BCUT2D eigenvalue weighted by molar-refractivity contribution is -0.153. The Morgan fingerprint density at radius 2 is 2.00 bits per heavy atom. The Morgan fingerprint density at radius 1 is 1.17 bits per heavy atom. The Bertz CT molecular complexity index is 1810. The number of fused-ring (bicyclic) bond motifs is 8. The summed E-state index contributed by atoms with van der Waals surface area (Å²) in [6.45, 7) is 10.9. The average molecular weight is 652 g/mol. The molecule has 4 bridgehead atoms. The van der Waals surface area contributed by atoms with Crippen LogP contribution in [0.15, 0.2) is 60.2 Å². The van der Waals surface area contributed by atoms with Gasteiger partial charge in [-0.05, 0) is 55.4 Å². The van der Waals surface area contributed by atoms with E-state index in [1.54, 1.807) is 7.11 Å². The molecule has 8 atom stereocenters. The van der Waals surface area contributed by atoms with Crippen molar-refractivity contribution in [2.24, 2.45) is 5.92 Å². The number of aromatic nitrogens is 1. The summed E-state index contributed by atoms with van der Waals surface area (Å²) in [5.74, 6) is 0.869. The van der Waals surface area contributed by atoms with Gasteiger partial charge < -0.3 is 24.5 Å². The van der Waals surface area contributed by atoms with E-state index < -0.39 is 17.6 Å². The van der Waals surface area contributed by atoms with E-state index in [1.165, 1.54) is 45.8 Å². The topological polar surface area (TPSA) is 93.3 Å². The molecular formula is C39H49N5O4. The van der Waals surface area contributed by atoms with Gasteiger partial charge in [-0.1, -0.05) is 48.9 Å². The van der Waals surface area contributed by atoms with Crippen LogP contribution in [0.1, 0.15) is 62.4 Å². The molecule has 1 fully saturated rings. The van der Waals surface area contributed by atoms with Gasteiger partial charge in [-0.3, -0.25) is 15.1 Å². The van der Waals surface area contributed by atoms with E-state index in [2.05, 4.69) is 101 Å². The van der Waals surface area contributed by atoms with E-state index in [9.17, 15) is 9.90 Å². The predicted octanol–water partition coefficient (Wildman–Crippen LogP) is 4.78. The van der Waals surface area contributed by atoms with Gasteiger partial charge >= 0.3 is 5.97 Å². The Labute approximate surface area is 283 Å². The van der Waals surface area contributed by atoms with Crippen LogP contribution in [0.25, 0.3) is 10.9 Å². The van der Waals surface area contributed by atoms with Crippen LogP contribution in [0, 0.1) is 5.92 Å². The maximum absolute atomic E-state index is 12.2. The Balaban J connectivity index is 1.35. The number of esters is 1. The number of methoxy groups -OCH3 is 1. The van der Waals surface area contributed by atoms with Crippen molar-refractivity contribution in [1.29, 1.82) is 0 Å². The van der Waals surface area contributed by atoms with Crippen molar-refractivity contribution in [3.05, 3.63) is 82.6 Å². The first-order valence-electron chi connectivity index (χ1n) is 17.6. The summed E-state index contributed by atoms with van der Waals surface area (Å²) in [5, 5.41) is 15.6. The molecule has 1 aromatic heterocycles. The number of nitrogens with zero attached hydrogens (tertiary/aromatic N) is 3. The number of carbonyl (C=O) groups excluding carboxylic acids is 1. The molecule has 254 valence electrons. The van der Waals surface area contributed by atoms with E-state index in [1.807, 2.05) is 0 Å². The highest BCUT2D eigenvalue weighted by Gasteiger charge is 2.55. The predicted molar refractivity (Wildman–Crippen MR) is 188 cm³/mol. The third-order valence-electron chi connectivity index (χ3n) is 12.1. The van der Waals surface area contributed by atoms with E-state index in [4.69, 9.17) is 9.47 Å². The number of aromatic amines is 1. The van der Waals surface area contributed by atoms with Gasteiger partial charge in [0.2, 0.25) is 0 Å². The molecule has 1 saturated heterocycles. The van der Waals surface area contributed by atoms with Crippen LogP contribution in [0.4, 0.5) is 5.69 Å². The van der Waals surface area contributed by atoms with Crippen LogP contribution in [0.2, 0.25) is 0 Å². The van der Waals surface area contributed by atoms with E-state index in [0.29, 0.717) is 12.5 Å². The second-order valence-electron chi connectivity index (χ2n) is 14.9. The summed E-state index contributed by atoms with van der Waals surface area (Å²) in [6.07, 6.45) is 8.31. The van der Waals surface area contributed by atoms with Gasteiger partial charge in [0.15, 0.2) is 0 Å². The number of nitrogens with one attached hydrogen (secondary N) is 2. The van der Waals surface area contributed by atoms with Crippen molar-refractivity contribution in [3.63, 3.8) is 0 Å². The molecule has 1 spiro atoms. The van der Waals surface area contributed by atoms with Crippen LogP contribution in [0.3, 0.4) is 0 Å². The highest BCUT2D eigenvalue weighted by molar-refractivity contribution is 5.86. The van der Waals surface area contributed by atoms with Gasteiger partial charge in [-0.2, -0.15) is 0 Å². The number of hydrazine groups is 1. The third kappa shape index (κ3) is 4.84. The van der Waals surface area contributed by atoms with Gasteiger partial charge in [-0.15, -0.1) is 0 Å². The molecule has 2 aromatic carbocycles. The van der Waals surface area contributed by atoms with E-state index in [0.717, 1.165) is 63.4 Å². The minimum absolute atomic E-state index is 0.330. The summed E-state index contributed by atoms with van der Waals surface area (Å²) < 4.78 is 12.1. The minimum atomic E-state index is -0.918. The fourth-order valence-corrected chi connectivity index (χ4v) is 9.92. The number of ether oxygens (including phenoxy) is 2. The number of hydrogen-bond acceptors (Lipinski definition) is 8. The average Bonchev–Trinajstić information content (AvgIpc) is 3.46. The van der Waals surface area contributed by atoms with Gasteiger partial charge in [0.05, 0.1) is 19.7 Å². The maximum Gasteiger partial charge on any atom is 0.303 e. The first-order chi connectivity index (χ1) is 23.1. The first-order valence-corrected chi connectivity index (χ1v) is 17.6. The molecule has 9 heteroatoms. The standard InChI is InChI=1S/C39H49N5O4/c1-6-25-16-26-19-38(3,36-28(23-43(21-25)22-26)27-10-7-8-11-31(27)41-36)30-17-29-32(18-33(30)47-5)42(4)37-35(46)34(48-24(2)45)20-40-44-14-9-12-39(29,37)13-15-44/h7-12,16-18,26,34-35,37,40-41,46H,6,13-15,19-23H2,1-5H3/t26-,34+,35+,37-,38+,39?/m0/s1. The highest BCUT2D eigenvalue weighted by atomic mass is 16.6. The molecule has 3 aromatic rings. The zero-order valence-electron chi connectivity index (χ0n) is 28.9. The Kier molecular flexibility index (Phi) is 7.75. The Morgan fingerprint density at radius 3 is 2.79 bits per heavy atom. The number of aliphatic hydroxyl groups is 1. The van der Waals surface area contributed by atoms with Crippen molar-refractivity contribution in [2.45, 2.75) is 75.7 Å². The number of rotatable bonds is 4. The van der Waals surface area contributed by atoms with E-state index in [-0.39, 0.29) is 17.4 Å². The summed E-state index contributed by atoms with van der Waals surface area (Å²) >= 11 is 0. The highest BCUT2D eigenvalue weighted by Crippen LogP contribution is 2.55. The molecule has 8 rings (SSSR count). The normalized spacial score (nSPS) is 34.0. The van der Waals surface area contributed by atoms with Gasteiger partial charge in [-0.25, -0.2) is 5.01 Å².